The molecule has 1 saturated heterocycles. The predicted molar refractivity (Wildman–Crippen MR) is 76.5 cm³/mol. The Labute approximate surface area is 122 Å². The second-order valence-corrected chi connectivity index (χ2v) is 5.32. The number of aromatic nitrogens is 2. The lowest BCUT2D eigenvalue weighted by Crippen LogP contribution is -2.21. The fourth-order valence-corrected chi connectivity index (χ4v) is 2.64. The molecule has 6 heteroatoms. The summed E-state index contributed by atoms with van der Waals surface area (Å²) in [5.74, 6) is 0.991. The third-order valence-corrected chi connectivity index (χ3v) is 3.73. The maximum atomic E-state index is 6.13. The van der Waals surface area contributed by atoms with E-state index in [1.165, 1.54) is 6.42 Å². The largest absolute Gasteiger partial charge is 0.398 e. The fourth-order valence-electron chi connectivity index (χ4n) is 2.38. The lowest BCUT2D eigenvalue weighted by atomic mass is 10.1. The van der Waals surface area contributed by atoms with Crippen LogP contribution in [0.25, 0.3) is 11.5 Å². The quantitative estimate of drug-likeness (QED) is 0.880. The molecule has 3 rings (SSSR count). The summed E-state index contributed by atoms with van der Waals surface area (Å²) in [6.45, 7) is 0.812. The van der Waals surface area contributed by atoms with Crippen LogP contribution in [0.5, 0.6) is 0 Å². The molecule has 0 bridgehead atoms. The summed E-state index contributed by atoms with van der Waals surface area (Å²) in [7, 11) is 0. The van der Waals surface area contributed by atoms with Crippen LogP contribution < -0.4 is 5.73 Å². The Morgan fingerprint density at radius 2 is 2.25 bits per heavy atom. The van der Waals surface area contributed by atoms with Gasteiger partial charge in [0.25, 0.3) is 5.89 Å². The molecule has 2 N–H and O–H groups in total. The topological polar surface area (TPSA) is 74.2 Å². The molecule has 1 unspecified atom stereocenters. The third-order valence-electron chi connectivity index (χ3n) is 3.41. The average Bonchev–Trinajstić information content (AvgIpc) is 2.88. The van der Waals surface area contributed by atoms with E-state index in [1.807, 2.05) is 0 Å². The maximum absolute atomic E-state index is 6.13. The van der Waals surface area contributed by atoms with Gasteiger partial charge in [0, 0.05) is 18.7 Å². The van der Waals surface area contributed by atoms with Crippen LogP contribution >= 0.6 is 11.6 Å². The normalized spacial score (nSPS) is 19.1. The van der Waals surface area contributed by atoms with Crippen LogP contribution in [0.3, 0.4) is 0 Å². The van der Waals surface area contributed by atoms with Gasteiger partial charge in [-0.25, -0.2) is 0 Å². The first-order valence-electron chi connectivity index (χ1n) is 6.72. The van der Waals surface area contributed by atoms with Crippen molar-refractivity contribution >= 4 is 17.3 Å². The molecule has 5 nitrogen and oxygen atoms in total. The number of hydrogen-bond acceptors (Lipinski definition) is 5. The Balaban J connectivity index is 1.79. The zero-order valence-electron chi connectivity index (χ0n) is 11.0. The van der Waals surface area contributed by atoms with Crippen LogP contribution in [0, 0.1) is 0 Å². The molecule has 1 fully saturated rings. The Kier molecular flexibility index (Phi) is 3.89. The highest BCUT2D eigenvalue weighted by atomic mass is 35.5. The van der Waals surface area contributed by atoms with Crippen molar-refractivity contribution in [3.63, 3.8) is 0 Å². The van der Waals surface area contributed by atoms with Crippen molar-refractivity contribution in [1.29, 1.82) is 0 Å². The summed E-state index contributed by atoms with van der Waals surface area (Å²) in [6.07, 6.45) is 4.20. The van der Waals surface area contributed by atoms with Crippen LogP contribution in [0.4, 0.5) is 5.69 Å². The zero-order chi connectivity index (χ0) is 13.9. The van der Waals surface area contributed by atoms with Gasteiger partial charge in [0.2, 0.25) is 0 Å². The van der Waals surface area contributed by atoms with Gasteiger partial charge in [0.15, 0.2) is 5.82 Å². The first-order valence-corrected chi connectivity index (χ1v) is 7.10. The molecule has 106 valence electrons. The molecular formula is C14H16ClN3O2. The molecule has 20 heavy (non-hydrogen) atoms. The van der Waals surface area contributed by atoms with E-state index in [-0.39, 0.29) is 6.10 Å². The van der Waals surface area contributed by atoms with Crippen LogP contribution in [0.15, 0.2) is 22.7 Å². The minimum Gasteiger partial charge on any atom is -0.398 e. The van der Waals surface area contributed by atoms with Crippen molar-refractivity contribution in [2.45, 2.75) is 31.8 Å². The summed E-state index contributed by atoms with van der Waals surface area (Å²) in [5.41, 5.74) is 7.03. The monoisotopic (exact) mass is 293 g/mol. The second kappa shape index (κ2) is 5.81. The van der Waals surface area contributed by atoms with E-state index in [1.54, 1.807) is 18.2 Å². The Morgan fingerprint density at radius 3 is 3.00 bits per heavy atom. The van der Waals surface area contributed by atoms with Crippen molar-refractivity contribution in [2.75, 3.05) is 12.3 Å². The summed E-state index contributed by atoms with van der Waals surface area (Å²) in [5, 5.41) is 4.50. The molecule has 1 atom stereocenters. The molecule has 1 aromatic heterocycles. The molecule has 0 radical (unpaired) electrons. The van der Waals surface area contributed by atoms with E-state index >= 15 is 0 Å². The van der Waals surface area contributed by atoms with E-state index in [0.29, 0.717) is 34.4 Å². The van der Waals surface area contributed by atoms with Gasteiger partial charge in [-0.15, -0.1) is 0 Å². The Hall–Kier alpha value is -1.59. The van der Waals surface area contributed by atoms with Crippen molar-refractivity contribution < 1.29 is 9.26 Å². The van der Waals surface area contributed by atoms with Gasteiger partial charge in [0.1, 0.15) is 0 Å². The summed E-state index contributed by atoms with van der Waals surface area (Å²) in [4.78, 5) is 4.37. The van der Waals surface area contributed by atoms with Gasteiger partial charge in [-0.2, -0.15) is 4.98 Å². The van der Waals surface area contributed by atoms with Crippen LogP contribution in [-0.2, 0) is 11.2 Å². The van der Waals surface area contributed by atoms with E-state index in [4.69, 9.17) is 26.6 Å². The number of nitrogens with zero attached hydrogens (tertiary/aromatic N) is 2. The molecule has 2 aromatic rings. The number of halogens is 1. The summed E-state index contributed by atoms with van der Waals surface area (Å²) < 4.78 is 10.9. The highest BCUT2D eigenvalue weighted by Crippen LogP contribution is 2.32. The highest BCUT2D eigenvalue weighted by Gasteiger charge is 2.20. The van der Waals surface area contributed by atoms with E-state index in [2.05, 4.69) is 10.1 Å². The van der Waals surface area contributed by atoms with Gasteiger partial charge in [-0.1, -0.05) is 22.8 Å². The van der Waals surface area contributed by atoms with Gasteiger partial charge in [-0.05, 0) is 31.4 Å². The lowest BCUT2D eigenvalue weighted by Gasteiger charge is -2.20. The number of nitrogens with two attached hydrogens (primary N) is 1. The lowest BCUT2D eigenvalue weighted by molar-refractivity contribution is 0.0153. The molecule has 1 aromatic carbocycles. The first-order chi connectivity index (χ1) is 9.74. The number of nitrogen functional groups attached to an aromatic ring is 1. The molecule has 1 aliphatic rings. The average molecular weight is 294 g/mol. The van der Waals surface area contributed by atoms with Crippen LogP contribution in [-0.4, -0.2) is 22.9 Å². The Bertz CT molecular complexity index is 574. The van der Waals surface area contributed by atoms with E-state index in [0.717, 1.165) is 19.4 Å². The van der Waals surface area contributed by atoms with Gasteiger partial charge in [0.05, 0.1) is 16.7 Å². The van der Waals surface area contributed by atoms with Gasteiger partial charge in [-0.3, -0.25) is 0 Å². The van der Waals surface area contributed by atoms with Crippen molar-refractivity contribution in [3.8, 4) is 11.5 Å². The zero-order valence-corrected chi connectivity index (χ0v) is 11.8. The van der Waals surface area contributed by atoms with Crippen molar-refractivity contribution in [3.05, 3.63) is 29.0 Å². The van der Waals surface area contributed by atoms with Crippen molar-refractivity contribution in [2.24, 2.45) is 0 Å². The van der Waals surface area contributed by atoms with Crippen molar-refractivity contribution in [1.82, 2.24) is 10.1 Å². The third kappa shape index (κ3) is 2.78. The van der Waals surface area contributed by atoms with E-state index < -0.39 is 0 Å². The SMILES string of the molecule is Nc1cccc(Cl)c1-c1nc(CC2CCCCO2)no1. The fraction of sp³-hybridized carbons (Fsp3) is 0.429. The molecule has 0 spiro atoms. The van der Waals surface area contributed by atoms with Crippen LogP contribution in [0.2, 0.25) is 5.02 Å². The minimum atomic E-state index is 0.179. The summed E-state index contributed by atoms with van der Waals surface area (Å²) >= 11 is 6.13. The summed E-state index contributed by atoms with van der Waals surface area (Å²) in [6, 6.07) is 5.30. The highest BCUT2D eigenvalue weighted by molar-refractivity contribution is 6.33. The minimum absolute atomic E-state index is 0.179. The van der Waals surface area contributed by atoms with Gasteiger partial charge >= 0.3 is 0 Å². The van der Waals surface area contributed by atoms with Crippen LogP contribution in [0.1, 0.15) is 25.1 Å². The molecule has 2 heterocycles. The standard InChI is InChI=1S/C14H16ClN3O2/c15-10-5-3-6-11(16)13(10)14-17-12(18-20-14)8-9-4-1-2-7-19-9/h3,5-6,9H,1-2,4,7-8,16H2. The number of ether oxygens (including phenoxy) is 1. The molecule has 0 saturated carbocycles. The second-order valence-electron chi connectivity index (χ2n) is 4.91. The number of hydrogen-bond donors (Lipinski definition) is 1. The Morgan fingerprint density at radius 1 is 1.35 bits per heavy atom. The number of benzene rings is 1. The number of rotatable bonds is 3. The molecule has 0 amide bonds. The smallest absolute Gasteiger partial charge is 0.261 e. The predicted octanol–water partition coefficient (Wildman–Crippen LogP) is 3.08. The molecular weight excluding hydrogens is 278 g/mol. The molecule has 1 aliphatic heterocycles. The number of anilines is 1. The van der Waals surface area contributed by atoms with Gasteiger partial charge < -0.3 is 15.0 Å². The van der Waals surface area contributed by atoms with E-state index in [9.17, 15) is 0 Å². The first kappa shape index (κ1) is 13.4. The molecule has 0 aliphatic carbocycles. The maximum Gasteiger partial charge on any atom is 0.261 e.